The van der Waals surface area contributed by atoms with Crippen molar-refractivity contribution in [2.45, 2.75) is 5.54 Å². The monoisotopic (exact) mass is 458 g/mol. The van der Waals surface area contributed by atoms with Crippen LogP contribution in [0.3, 0.4) is 0 Å². The van der Waals surface area contributed by atoms with Crippen LogP contribution in [0, 0.1) is 12.3 Å². The van der Waals surface area contributed by atoms with Gasteiger partial charge in [-0.25, -0.2) is 4.98 Å². The van der Waals surface area contributed by atoms with Crippen molar-refractivity contribution in [3.8, 4) is 23.5 Å². The maximum absolute atomic E-state index is 12.9. The number of nitrogens with zero attached hydrogens (tertiary/aromatic N) is 3. The summed E-state index contributed by atoms with van der Waals surface area (Å²) in [4.78, 5) is 17.3. The molecule has 0 bridgehead atoms. The maximum Gasteiger partial charge on any atom is 0.251 e. The van der Waals surface area contributed by atoms with Crippen molar-refractivity contribution >= 4 is 10.9 Å². The molecule has 0 aliphatic rings. The van der Waals surface area contributed by atoms with Gasteiger partial charge in [-0.3, -0.25) is 4.79 Å². The third kappa shape index (κ3) is 3.56. The van der Waals surface area contributed by atoms with Crippen molar-refractivity contribution in [2.75, 3.05) is 7.05 Å². The number of fused-ring (bicyclic) bond motifs is 1. The van der Waals surface area contributed by atoms with Crippen LogP contribution in [0.2, 0.25) is 0 Å². The van der Waals surface area contributed by atoms with Gasteiger partial charge in [0.1, 0.15) is 5.54 Å². The van der Waals surface area contributed by atoms with E-state index in [1.54, 1.807) is 17.7 Å². The number of rotatable bonds is 5. The van der Waals surface area contributed by atoms with Gasteiger partial charge < -0.3 is 14.5 Å². The molecule has 5 heteroatoms. The summed E-state index contributed by atoms with van der Waals surface area (Å²) in [5, 5.41) is 4.57. The van der Waals surface area contributed by atoms with Crippen LogP contribution in [-0.2, 0) is 19.6 Å². The Bertz CT molecular complexity index is 1640. The summed E-state index contributed by atoms with van der Waals surface area (Å²) in [6.07, 6.45) is 9.37. The first-order chi connectivity index (χ1) is 17.0. The van der Waals surface area contributed by atoms with E-state index in [9.17, 15) is 4.79 Å². The molecule has 0 saturated heterocycles. The molecule has 0 unspecified atom stereocenters. The number of pyridine rings is 1. The Labute approximate surface area is 204 Å². The number of aryl methyl sites for hydroxylation is 2. The lowest BCUT2D eigenvalue weighted by molar-refractivity contribution is 0.493. The first-order valence-corrected chi connectivity index (χ1v) is 11.4. The Hall–Kier alpha value is -4.40. The molecule has 35 heavy (non-hydrogen) atoms. The van der Waals surface area contributed by atoms with E-state index in [1.165, 1.54) is 0 Å². The number of hydrogen-bond donors (Lipinski definition) is 1. The van der Waals surface area contributed by atoms with Crippen molar-refractivity contribution < 1.29 is 0 Å². The van der Waals surface area contributed by atoms with Crippen molar-refractivity contribution in [3.63, 3.8) is 0 Å². The SMILES string of the molecule is C#Cc1cccc(-c2cc(=O)n(C)c3ccc([C@](NC)(c4ccccc4)c4cncn4C)cc23)c1. The highest BCUT2D eigenvalue weighted by Crippen LogP contribution is 2.39. The Morgan fingerprint density at radius 2 is 1.74 bits per heavy atom. The molecule has 5 aromatic rings. The summed E-state index contributed by atoms with van der Waals surface area (Å²) >= 11 is 0. The van der Waals surface area contributed by atoms with Gasteiger partial charge in [0.15, 0.2) is 0 Å². The van der Waals surface area contributed by atoms with Crippen LogP contribution in [0.5, 0.6) is 0 Å². The largest absolute Gasteiger partial charge is 0.335 e. The number of terminal acetylenes is 1. The fourth-order valence-corrected chi connectivity index (χ4v) is 5.00. The number of aromatic nitrogens is 3. The molecule has 0 spiro atoms. The van der Waals surface area contributed by atoms with Crippen LogP contribution in [0.1, 0.15) is 22.4 Å². The number of imidazole rings is 1. The van der Waals surface area contributed by atoms with E-state index in [-0.39, 0.29) is 5.56 Å². The van der Waals surface area contributed by atoms with Crippen LogP contribution in [0.25, 0.3) is 22.0 Å². The van der Waals surface area contributed by atoms with Gasteiger partial charge in [-0.15, -0.1) is 6.42 Å². The molecule has 2 heterocycles. The first kappa shape index (κ1) is 22.4. The summed E-state index contributed by atoms with van der Waals surface area (Å²) in [6, 6.07) is 26.0. The standard InChI is InChI=1S/C30H26N4O/c1-5-21-10-9-11-22(16-21)25-18-29(35)34(4)27-15-14-24(17-26(25)27)30(31-2,23-12-7-6-8-13-23)28-19-32-20-33(28)3/h1,6-20,31H,2-4H3/t30-/m1/s1. The van der Waals surface area contributed by atoms with Crippen molar-refractivity contribution in [2.24, 2.45) is 14.1 Å². The molecule has 172 valence electrons. The Morgan fingerprint density at radius 3 is 2.43 bits per heavy atom. The molecule has 5 rings (SSSR count). The highest BCUT2D eigenvalue weighted by Gasteiger charge is 2.37. The van der Waals surface area contributed by atoms with E-state index in [1.807, 2.05) is 79.7 Å². The summed E-state index contributed by atoms with van der Waals surface area (Å²) in [5.74, 6) is 2.70. The van der Waals surface area contributed by atoms with E-state index in [0.29, 0.717) is 0 Å². The molecule has 0 amide bonds. The van der Waals surface area contributed by atoms with E-state index in [4.69, 9.17) is 6.42 Å². The Morgan fingerprint density at radius 1 is 0.943 bits per heavy atom. The van der Waals surface area contributed by atoms with Crippen LogP contribution in [0.4, 0.5) is 0 Å². The van der Waals surface area contributed by atoms with Gasteiger partial charge in [-0.1, -0.05) is 54.5 Å². The van der Waals surface area contributed by atoms with Crippen LogP contribution in [0.15, 0.2) is 96.2 Å². The van der Waals surface area contributed by atoms with Gasteiger partial charge in [0, 0.05) is 31.1 Å². The molecule has 0 aliphatic heterocycles. The van der Waals surface area contributed by atoms with Crippen LogP contribution >= 0.6 is 0 Å². The second-order valence-corrected chi connectivity index (χ2v) is 8.67. The number of benzene rings is 3. The highest BCUT2D eigenvalue weighted by atomic mass is 16.1. The van der Waals surface area contributed by atoms with Crippen molar-refractivity contribution in [3.05, 3.63) is 124 Å². The van der Waals surface area contributed by atoms with Crippen LogP contribution in [-0.4, -0.2) is 21.2 Å². The first-order valence-electron chi connectivity index (χ1n) is 11.4. The molecule has 2 aromatic heterocycles. The molecular formula is C30H26N4O. The topological polar surface area (TPSA) is 51.9 Å². The highest BCUT2D eigenvalue weighted by molar-refractivity contribution is 5.95. The second-order valence-electron chi connectivity index (χ2n) is 8.67. The van der Waals surface area contributed by atoms with Gasteiger partial charge in [-0.05, 0) is 53.6 Å². The lowest BCUT2D eigenvalue weighted by Crippen LogP contribution is -2.43. The quantitative estimate of drug-likeness (QED) is 0.397. The average molecular weight is 459 g/mol. The minimum atomic E-state index is -0.659. The normalized spacial score (nSPS) is 12.9. The van der Waals surface area contributed by atoms with Gasteiger partial charge in [0.25, 0.3) is 5.56 Å². The van der Waals surface area contributed by atoms with E-state index >= 15 is 0 Å². The molecular weight excluding hydrogens is 432 g/mol. The maximum atomic E-state index is 12.9. The van der Waals surface area contributed by atoms with Gasteiger partial charge >= 0.3 is 0 Å². The third-order valence-corrected chi connectivity index (χ3v) is 6.80. The minimum Gasteiger partial charge on any atom is -0.335 e. The zero-order chi connectivity index (χ0) is 24.6. The zero-order valence-corrected chi connectivity index (χ0v) is 20.0. The van der Waals surface area contributed by atoms with Gasteiger partial charge in [0.2, 0.25) is 0 Å². The molecule has 0 saturated carbocycles. The zero-order valence-electron chi connectivity index (χ0n) is 20.0. The molecule has 0 fully saturated rings. The predicted octanol–water partition coefficient (Wildman–Crippen LogP) is 4.43. The van der Waals surface area contributed by atoms with E-state index < -0.39 is 5.54 Å². The third-order valence-electron chi connectivity index (χ3n) is 6.80. The molecule has 0 radical (unpaired) electrons. The Kier molecular flexibility index (Phi) is 5.60. The van der Waals surface area contributed by atoms with Gasteiger partial charge in [0.05, 0.1) is 23.7 Å². The molecule has 5 nitrogen and oxygen atoms in total. The summed E-state index contributed by atoms with van der Waals surface area (Å²) in [5.41, 5.74) is 5.80. The second kappa shape index (κ2) is 8.75. The molecule has 1 atom stereocenters. The average Bonchev–Trinajstić information content (AvgIpc) is 3.33. The minimum absolute atomic E-state index is 0.0686. The van der Waals surface area contributed by atoms with Crippen molar-refractivity contribution in [1.82, 2.24) is 19.4 Å². The lowest BCUT2D eigenvalue weighted by atomic mass is 9.79. The summed E-state index contributed by atoms with van der Waals surface area (Å²) in [7, 11) is 5.76. The molecule has 1 N–H and O–H groups in total. The smallest absolute Gasteiger partial charge is 0.251 e. The molecule has 3 aromatic carbocycles. The summed E-state index contributed by atoms with van der Waals surface area (Å²) in [6.45, 7) is 0. The van der Waals surface area contributed by atoms with Crippen LogP contribution < -0.4 is 10.9 Å². The number of hydrogen-bond acceptors (Lipinski definition) is 3. The van der Waals surface area contributed by atoms with Crippen molar-refractivity contribution in [1.29, 1.82) is 0 Å². The lowest BCUT2D eigenvalue weighted by Gasteiger charge is -2.35. The van der Waals surface area contributed by atoms with Gasteiger partial charge in [-0.2, -0.15) is 0 Å². The predicted molar refractivity (Wildman–Crippen MR) is 141 cm³/mol. The fraction of sp³-hybridized carbons (Fsp3) is 0.133. The van der Waals surface area contributed by atoms with E-state index in [2.05, 4.69) is 40.5 Å². The van der Waals surface area contributed by atoms with E-state index in [0.717, 1.165) is 44.4 Å². The summed E-state index contributed by atoms with van der Waals surface area (Å²) < 4.78 is 3.72. The fourth-order valence-electron chi connectivity index (χ4n) is 5.00. The Balaban J connectivity index is 1.87. The number of nitrogens with one attached hydrogen (secondary N) is 1. The molecule has 0 aliphatic carbocycles.